The van der Waals surface area contributed by atoms with Crippen molar-refractivity contribution in [1.29, 1.82) is 0 Å². The maximum Gasteiger partial charge on any atom is 0.122 e. The molecule has 2 aromatic carbocycles. The van der Waals surface area contributed by atoms with E-state index in [1.165, 1.54) is 54.4 Å². The van der Waals surface area contributed by atoms with Gasteiger partial charge in [-0.2, -0.15) is 50.5 Å². The van der Waals surface area contributed by atoms with Crippen LogP contribution in [0.25, 0.3) is 0 Å². The lowest BCUT2D eigenvalue weighted by Crippen LogP contribution is -2.31. The second-order valence-electron chi connectivity index (χ2n) is 9.79. The summed E-state index contributed by atoms with van der Waals surface area (Å²) in [5, 5.41) is 0. The van der Waals surface area contributed by atoms with Crippen molar-refractivity contribution in [2.45, 2.75) is 76.0 Å². The molecule has 2 aromatic rings. The van der Waals surface area contributed by atoms with Crippen LogP contribution in [0.2, 0.25) is 0 Å². The highest BCUT2D eigenvalue weighted by atomic mass is 32.1. The van der Waals surface area contributed by atoms with E-state index in [2.05, 4.69) is 86.9 Å². The molecule has 1 aliphatic carbocycles. The maximum atomic E-state index is 6.18. The molecule has 1 fully saturated rings. The highest BCUT2D eigenvalue weighted by molar-refractivity contribution is 7.80. The summed E-state index contributed by atoms with van der Waals surface area (Å²) >= 11 is 17.6. The highest BCUT2D eigenvalue weighted by Gasteiger charge is 2.36. The predicted octanol–water partition coefficient (Wildman–Crippen LogP) is 8.06. The first-order valence-corrected chi connectivity index (χ1v) is 16.2. The van der Waals surface area contributed by atoms with Crippen LogP contribution in [0.15, 0.2) is 36.4 Å². The van der Waals surface area contributed by atoms with Gasteiger partial charge in [-0.25, -0.2) is 0 Å². The Labute approximate surface area is 241 Å². The minimum atomic E-state index is 0.0386. The van der Waals surface area contributed by atoms with Crippen LogP contribution in [0.3, 0.4) is 0 Å². The van der Waals surface area contributed by atoms with E-state index in [0.29, 0.717) is 13.2 Å². The van der Waals surface area contributed by atoms with Crippen LogP contribution in [-0.4, -0.2) is 36.2 Å². The standard InChI is InChI=1S/C30H44O2S4/c33-18-4-8-24-22-26(10-12-28(24)31-16-6-20-35)30(14-2-1-3-15-30)27-11-13-29(32-17-7-21-36)25(23-27)9-5-19-34/h10-13,22-23,33-36H,1-9,14-21H2. The minimum Gasteiger partial charge on any atom is -0.493 e. The Morgan fingerprint density at radius 2 is 1.03 bits per heavy atom. The zero-order valence-electron chi connectivity index (χ0n) is 21.6. The van der Waals surface area contributed by atoms with Crippen molar-refractivity contribution in [3.8, 4) is 11.5 Å². The molecule has 0 N–H and O–H groups in total. The lowest BCUT2D eigenvalue weighted by molar-refractivity contribution is 0.312. The summed E-state index contributed by atoms with van der Waals surface area (Å²) in [6.45, 7) is 1.43. The van der Waals surface area contributed by atoms with Gasteiger partial charge >= 0.3 is 0 Å². The molecule has 3 rings (SSSR count). The molecule has 6 heteroatoms. The molecule has 0 heterocycles. The Morgan fingerprint density at radius 3 is 1.44 bits per heavy atom. The zero-order valence-corrected chi connectivity index (χ0v) is 25.2. The summed E-state index contributed by atoms with van der Waals surface area (Å²) in [5.41, 5.74) is 5.53. The molecule has 36 heavy (non-hydrogen) atoms. The summed E-state index contributed by atoms with van der Waals surface area (Å²) in [5.74, 6) is 5.50. The molecule has 0 amide bonds. The quantitative estimate of drug-likeness (QED) is 0.122. The summed E-state index contributed by atoms with van der Waals surface area (Å²) in [6.07, 6.45) is 12.2. The van der Waals surface area contributed by atoms with E-state index in [1.54, 1.807) is 0 Å². The Hall–Kier alpha value is -0.560. The molecule has 0 atom stereocenters. The van der Waals surface area contributed by atoms with E-state index in [1.807, 2.05) is 0 Å². The van der Waals surface area contributed by atoms with Crippen molar-refractivity contribution >= 4 is 50.5 Å². The van der Waals surface area contributed by atoms with Gasteiger partial charge in [0.2, 0.25) is 0 Å². The van der Waals surface area contributed by atoms with Crippen molar-refractivity contribution in [2.75, 3.05) is 36.2 Å². The highest BCUT2D eigenvalue weighted by Crippen LogP contribution is 2.47. The molecule has 0 spiro atoms. The molecule has 0 bridgehead atoms. The Morgan fingerprint density at radius 1 is 0.583 bits per heavy atom. The first-order valence-electron chi connectivity index (χ1n) is 13.6. The fraction of sp³-hybridized carbons (Fsp3) is 0.600. The lowest BCUT2D eigenvalue weighted by atomic mass is 9.64. The summed E-state index contributed by atoms with van der Waals surface area (Å²) in [7, 11) is 0. The molecular formula is C30H44O2S4. The van der Waals surface area contributed by atoms with Gasteiger partial charge in [-0.1, -0.05) is 43.5 Å². The van der Waals surface area contributed by atoms with Gasteiger partial charge in [0.05, 0.1) is 13.2 Å². The molecule has 0 unspecified atom stereocenters. The van der Waals surface area contributed by atoms with Crippen molar-refractivity contribution in [1.82, 2.24) is 0 Å². The van der Waals surface area contributed by atoms with Gasteiger partial charge in [0.1, 0.15) is 11.5 Å². The monoisotopic (exact) mass is 564 g/mol. The Balaban J connectivity index is 2.00. The van der Waals surface area contributed by atoms with Crippen LogP contribution in [0.1, 0.15) is 80.0 Å². The van der Waals surface area contributed by atoms with Crippen molar-refractivity contribution < 1.29 is 9.47 Å². The summed E-state index contributed by atoms with van der Waals surface area (Å²) in [6, 6.07) is 14.0. The topological polar surface area (TPSA) is 18.5 Å². The third-order valence-corrected chi connectivity index (χ3v) is 8.53. The Kier molecular flexibility index (Phi) is 13.7. The van der Waals surface area contributed by atoms with Gasteiger partial charge in [-0.15, -0.1) is 0 Å². The van der Waals surface area contributed by atoms with Crippen LogP contribution in [0.5, 0.6) is 11.5 Å². The number of thiol groups is 4. The van der Waals surface area contributed by atoms with E-state index < -0.39 is 0 Å². The zero-order chi connectivity index (χ0) is 25.6. The third-order valence-electron chi connectivity index (χ3n) is 7.26. The van der Waals surface area contributed by atoms with Crippen LogP contribution < -0.4 is 9.47 Å². The van der Waals surface area contributed by atoms with Gasteiger partial charge in [-0.3, -0.25) is 0 Å². The van der Waals surface area contributed by atoms with Gasteiger partial charge in [-0.05, 0) is 109 Å². The largest absolute Gasteiger partial charge is 0.493 e. The number of hydrogen-bond donors (Lipinski definition) is 4. The number of hydrogen-bond acceptors (Lipinski definition) is 6. The smallest absolute Gasteiger partial charge is 0.122 e. The molecule has 1 saturated carbocycles. The average Bonchev–Trinajstić information content (AvgIpc) is 2.92. The fourth-order valence-corrected chi connectivity index (χ4v) is 5.93. The van der Waals surface area contributed by atoms with Crippen LogP contribution >= 0.6 is 50.5 Å². The van der Waals surface area contributed by atoms with Crippen molar-refractivity contribution in [2.24, 2.45) is 0 Å². The SMILES string of the molecule is SCCCOc1ccc(C2(c3ccc(OCCCS)c(CCCS)c3)CCCCC2)cc1CCCS. The normalized spacial score (nSPS) is 15.1. The second kappa shape index (κ2) is 16.4. The van der Waals surface area contributed by atoms with Gasteiger partial charge in [0.25, 0.3) is 0 Å². The molecule has 2 nitrogen and oxygen atoms in total. The molecule has 0 saturated heterocycles. The molecular weight excluding hydrogens is 521 g/mol. The first-order chi connectivity index (χ1) is 17.7. The molecule has 0 aliphatic heterocycles. The number of aryl methyl sites for hydroxylation is 2. The summed E-state index contributed by atoms with van der Waals surface area (Å²) in [4.78, 5) is 0. The third kappa shape index (κ3) is 8.22. The van der Waals surface area contributed by atoms with E-state index in [0.717, 1.165) is 73.0 Å². The van der Waals surface area contributed by atoms with Gasteiger partial charge < -0.3 is 9.47 Å². The second-order valence-corrected chi connectivity index (χ2v) is 11.6. The van der Waals surface area contributed by atoms with Crippen LogP contribution in [0, 0.1) is 0 Å². The molecule has 200 valence electrons. The number of rotatable bonds is 16. The van der Waals surface area contributed by atoms with Gasteiger partial charge in [0.15, 0.2) is 0 Å². The first kappa shape index (κ1) is 30.0. The predicted molar refractivity (Wildman–Crippen MR) is 169 cm³/mol. The van der Waals surface area contributed by atoms with Crippen molar-refractivity contribution in [3.63, 3.8) is 0 Å². The minimum absolute atomic E-state index is 0.0386. The number of benzene rings is 2. The van der Waals surface area contributed by atoms with Crippen LogP contribution in [0.4, 0.5) is 0 Å². The summed E-state index contributed by atoms with van der Waals surface area (Å²) < 4.78 is 12.4. The Bertz CT molecular complexity index is 844. The fourth-order valence-electron chi connectivity index (χ4n) is 5.36. The maximum absolute atomic E-state index is 6.18. The molecule has 0 aromatic heterocycles. The van der Waals surface area contributed by atoms with E-state index in [4.69, 9.17) is 9.47 Å². The van der Waals surface area contributed by atoms with E-state index >= 15 is 0 Å². The average molecular weight is 565 g/mol. The molecule has 1 aliphatic rings. The van der Waals surface area contributed by atoms with Gasteiger partial charge in [0, 0.05) is 5.41 Å². The lowest BCUT2D eigenvalue weighted by Gasteiger charge is -2.39. The van der Waals surface area contributed by atoms with E-state index in [-0.39, 0.29) is 5.41 Å². The van der Waals surface area contributed by atoms with Crippen molar-refractivity contribution in [3.05, 3.63) is 58.7 Å². The van der Waals surface area contributed by atoms with Crippen LogP contribution in [-0.2, 0) is 18.3 Å². The molecule has 0 radical (unpaired) electrons. The number of ether oxygens (including phenoxy) is 2. The van der Waals surface area contributed by atoms with E-state index in [9.17, 15) is 0 Å².